The quantitative estimate of drug-likeness (QED) is 0.594. The van der Waals surface area contributed by atoms with E-state index in [0.717, 1.165) is 0 Å². The van der Waals surface area contributed by atoms with Gasteiger partial charge in [-0.25, -0.2) is 4.79 Å². The van der Waals surface area contributed by atoms with Gasteiger partial charge < -0.3 is 14.8 Å². The number of rotatable bonds is 2. The van der Waals surface area contributed by atoms with Crippen molar-refractivity contribution in [2.45, 2.75) is 25.0 Å². The predicted molar refractivity (Wildman–Crippen MR) is 43.8 cm³/mol. The van der Waals surface area contributed by atoms with Gasteiger partial charge in [-0.05, 0) is 14.0 Å². The van der Waals surface area contributed by atoms with Gasteiger partial charge in [0.15, 0.2) is 0 Å². The zero-order valence-corrected chi connectivity index (χ0v) is 7.72. The monoisotopic (exact) mass is 173 g/mol. The Bertz CT molecular complexity index is 183. The molecule has 0 aromatic carbocycles. The maximum absolute atomic E-state index is 11.4. The summed E-state index contributed by atoms with van der Waals surface area (Å²) >= 11 is 0. The molecule has 0 spiro atoms. The van der Waals surface area contributed by atoms with Crippen molar-refractivity contribution < 1.29 is 14.3 Å². The number of carbonyl (C=O) groups is 1. The molecule has 0 saturated carbocycles. The average molecular weight is 173 g/mol. The molecule has 1 aliphatic rings. The van der Waals surface area contributed by atoms with E-state index in [-0.39, 0.29) is 12.1 Å². The highest BCUT2D eigenvalue weighted by Crippen LogP contribution is 2.26. The Hall–Kier alpha value is -0.610. The molecule has 4 nitrogen and oxygen atoms in total. The highest BCUT2D eigenvalue weighted by Gasteiger charge is 2.47. The molecular weight excluding hydrogens is 158 g/mol. The summed E-state index contributed by atoms with van der Waals surface area (Å²) in [6, 6.07) is 0. The van der Waals surface area contributed by atoms with E-state index >= 15 is 0 Å². The molecule has 1 fully saturated rings. The fourth-order valence-electron chi connectivity index (χ4n) is 1.62. The number of nitrogens with one attached hydrogen (secondary N) is 1. The maximum atomic E-state index is 11.4. The first-order chi connectivity index (χ1) is 5.67. The van der Waals surface area contributed by atoms with Gasteiger partial charge in [0.25, 0.3) is 0 Å². The van der Waals surface area contributed by atoms with Crippen molar-refractivity contribution in [1.82, 2.24) is 5.32 Å². The van der Waals surface area contributed by atoms with Crippen LogP contribution >= 0.6 is 0 Å². The summed E-state index contributed by atoms with van der Waals surface area (Å²) in [7, 11) is 3.15. The zero-order valence-electron chi connectivity index (χ0n) is 7.72. The fourth-order valence-corrected chi connectivity index (χ4v) is 1.62. The molecule has 0 radical (unpaired) electrons. The largest absolute Gasteiger partial charge is 0.468 e. The fraction of sp³-hybridized carbons (Fsp3) is 0.875. The topological polar surface area (TPSA) is 47.6 Å². The summed E-state index contributed by atoms with van der Waals surface area (Å²) in [5, 5.41) is 2.98. The summed E-state index contributed by atoms with van der Waals surface area (Å²) in [4.78, 5) is 11.4. The molecule has 0 amide bonds. The van der Waals surface area contributed by atoms with Gasteiger partial charge in [0.2, 0.25) is 0 Å². The van der Waals surface area contributed by atoms with Crippen LogP contribution in [0.4, 0.5) is 0 Å². The Morgan fingerprint density at radius 1 is 1.75 bits per heavy atom. The molecule has 0 aliphatic carbocycles. The van der Waals surface area contributed by atoms with Gasteiger partial charge in [-0.2, -0.15) is 0 Å². The maximum Gasteiger partial charge on any atom is 0.328 e. The first-order valence-electron chi connectivity index (χ1n) is 4.06. The summed E-state index contributed by atoms with van der Waals surface area (Å²) < 4.78 is 10.0. The lowest BCUT2D eigenvalue weighted by Gasteiger charge is -2.28. The molecule has 0 aromatic heterocycles. The number of likely N-dealkylation sites (N-methyl/N-ethyl adjacent to an activating group) is 1. The summed E-state index contributed by atoms with van der Waals surface area (Å²) in [6.45, 7) is 2.48. The van der Waals surface area contributed by atoms with Crippen LogP contribution in [0, 0.1) is 0 Å². The molecule has 1 saturated heterocycles. The van der Waals surface area contributed by atoms with Gasteiger partial charge in [0, 0.05) is 13.0 Å². The van der Waals surface area contributed by atoms with Crippen LogP contribution in [0.15, 0.2) is 0 Å². The van der Waals surface area contributed by atoms with Gasteiger partial charge in [-0.15, -0.1) is 0 Å². The first kappa shape index (κ1) is 9.48. The third kappa shape index (κ3) is 1.21. The molecule has 1 rings (SSSR count). The lowest BCUT2D eigenvalue weighted by Crippen LogP contribution is -2.55. The SMILES string of the molecule is CNC1(C(=O)OC)CCOC1C. The van der Waals surface area contributed by atoms with Crippen LogP contribution in [0.3, 0.4) is 0 Å². The van der Waals surface area contributed by atoms with Crippen LogP contribution in [0.5, 0.6) is 0 Å². The Labute approximate surface area is 72.2 Å². The van der Waals surface area contributed by atoms with Crippen molar-refractivity contribution >= 4 is 5.97 Å². The van der Waals surface area contributed by atoms with Crippen molar-refractivity contribution in [3.8, 4) is 0 Å². The number of ether oxygens (including phenoxy) is 2. The van der Waals surface area contributed by atoms with Gasteiger partial charge in [0.05, 0.1) is 13.2 Å². The zero-order chi connectivity index (χ0) is 9.19. The van der Waals surface area contributed by atoms with E-state index < -0.39 is 5.54 Å². The molecule has 4 heteroatoms. The lowest BCUT2D eigenvalue weighted by atomic mass is 9.92. The van der Waals surface area contributed by atoms with Crippen molar-refractivity contribution in [2.75, 3.05) is 20.8 Å². The van der Waals surface area contributed by atoms with Crippen LogP contribution in [0.1, 0.15) is 13.3 Å². The van der Waals surface area contributed by atoms with E-state index in [9.17, 15) is 4.79 Å². The normalized spacial score (nSPS) is 35.1. The minimum Gasteiger partial charge on any atom is -0.468 e. The molecule has 2 unspecified atom stereocenters. The summed E-state index contributed by atoms with van der Waals surface area (Å²) in [5.74, 6) is -0.241. The van der Waals surface area contributed by atoms with Crippen molar-refractivity contribution in [3.63, 3.8) is 0 Å². The Balaban J connectivity index is 2.81. The van der Waals surface area contributed by atoms with Gasteiger partial charge >= 0.3 is 5.97 Å². The Morgan fingerprint density at radius 2 is 2.42 bits per heavy atom. The number of hydrogen-bond acceptors (Lipinski definition) is 4. The predicted octanol–water partition coefficient (Wildman–Crippen LogP) is -0.0736. The molecule has 1 aliphatic heterocycles. The summed E-state index contributed by atoms with van der Waals surface area (Å²) in [6.07, 6.45) is 0.562. The smallest absolute Gasteiger partial charge is 0.328 e. The van der Waals surface area contributed by atoms with Crippen molar-refractivity contribution in [2.24, 2.45) is 0 Å². The third-order valence-electron chi connectivity index (χ3n) is 2.55. The van der Waals surface area contributed by atoms with Crippen LogP contribution in [-0.4, -0.2) is 38.4 Å². The van der Waals surface area contributed by atoms with Crippen LogP contribution in [0.25, 0.3) is 0 Å². The average Bonchev–Trinajstić information content (AvgIpc) is 2.46. The first-order valence-corrected chi connectivity index (χ1v) is 4.06. The number of esters is 1. The molecule has 1 N–H and O–H groups in total. The summed E-state index contributed by atoms with van der Waals surface area (Å²) in [5.41, 5.74) is -0.630. The van der Waals surface area contributed by atoms with Crippen molar-refractivity contribution in [3.05, 3.63) is 0 Å². The van der Waals surface area contributed by atoms with Gasteiger partial charge in [0.1, 0.15) is 5.54 Å². The second-order valence-corrected chi connectivity index (χ2v) is 2.98. The standard InChI is InChI=1S/C8H15NO3/c1-6-8(9-2,4-5-12-6)7(10)11-3/h6,9H,4-5H2,1-3H3. The van der Waals surface area contributed by atoms with E-state index in [0.29, 0.717) is 13.0 Å². The Morgan fingerprint density at radius 3 is 2.75 bits per heavy atom. The molecule has 0 aromatic rings. The molecular formula is C8H15NO3. The minimum atomic E-state index is -0.630. The van der Waals surface area contributed by atoms with Crippen molar-refractivity contribution in [1.29, 1.82) is 0 Å². The van der Waals surface area contributed by atoms with Crippen LogP contribution in [0.2, 0.25) is 0 Å². The van der Waals surface area contributed by atoms with E-state index in [1.54, 1.807) is 7.05 Å². The van der Waals surface area contributed by atoms with E-state index in [2.05, 4.69) is 5.32 Å². The number of carbonyl (C=O) groups excluding carboxylic acids is 1. The highest BCUT2D eigenvalue weighted by atomic mass is 16.5. The van der Waals surface area contributed by atoms with Crippen LogP contribution < -0.4 is 5.32 Å². The van der Waals surface area contributed by atoms with Gasteiger partial charge in [-0.1, -0.05) is 0 Å². The lowest BCUT2D eigenvalue weighted by molar-refractivity contribution is -0.150. The second-order valence-electron chi connectivity index (χ2n) is 2.98. The molecule has 12 heavy (non-hydrogen) atoms. The van der Waals surface area contributed by atoms with E-state index in [4.69, 9.17) is 9.47 Å². The highest BCUT2D eigenvalue weighted by molar-refractivity contribution is 5.82. The minimum absolute atomic E-state index is 0.116. The molecule has 2 atom stereocenters. The molecule has 1 heterocycles. The van der Waals surface area contributed by atoms with E-state index in [1.165, 1.54) is 7.11 Å². The number of hydrogen-bond donors (Lipinski definition) is 1. The molecule has 70 valence electrons. The molecule has 0 bridgehead atoms. The third-order valence-corrected chi connectivity index (χ3v) is 2.55. The number of methoxy groups -OCH3 is 1. The van der Waals surface area contributed by atoms with Gasteiger partial charge in [-0.3, -0.25) is 0 Å². The van der Waals surface area contributed by atoms with Crippen LogP contribution in [-0.2, 0) is 14.3 Å². The second kappa shape index (κ2) is 3.41. The van der Waals surface area contributed by atoms with E-state index in [1.807, 2.05) is 6.92 Å². The Kier molecular flexibility index (Phi) is 2.69.